The normalized spacial score (nSPS) is 16.2. The van der Waals surface area contributed by atoms with Crippen molar-refractivity contribution >= 4 is 23.6 Å². The zero-order valence-electron chi connectivity index (χ0n) is 7.36. The molecule has 1 N–H and O–H groups in total. The third-order valence-corrected chi connectivity index (χ3v) is 2.81. The second-order valence-electron chi connectivity index (χ2n) is 2.97. The number of carbonyl (C=O) groups is 2. The highest BCUT2D eigenvalue weighted by Gasteiger charge is 2.17. The molecule has 1 rings (SSSR count). The van der Waals surface area contributed by atoms with Crippen LogP contribution in [0.1, 0.15) is 12.8 Å². The molecule has 4 nitrogen and oxygen atoms in total. The Morgan fingerprint density at radius 3 is 2.38 bits per heavy atom. The van der Waals surface area contributed by atoms with Crippen LogP contribution >= 0.6 is 11.8 Å². The molecule has 74 valence electrons. The number of thioether (sulfide) groups is 1. The largest absolute Gasteiger partial charge is 0.481 e. The van der Waals surface area contributed by atoms with E-state index in [9.17, 15) is 9.59 Å². The van der Waals surface area contributed by atoms with Crippen LogP contribution in [0.25, 0.3) is 0 Å². The average molecular weight is 203 g/mol. The van der Waals surface area contributed by atoms with E-state index >= 15 is 0 Å². The molecule has 1 amide bonds. The van der Waals surface area contributed by atoms with Crippen LogP contribution in [0.15, 0.2) is 0 Å². The van der Waals surface area contributed by atoms with E-state index in [1.165, 1.54) is 11.8 Å². The zero-order valence-corrected chi connectivity index (χ0v) is 8.18. The molecule has 0 aliphatic carbocycles. The highest BCUT2D eigenvalue weighted by Crippen LogP contribution is 2.10. The topological polar surface area (TPSA) is 57.6 Å². The second-order valence-corrected chi connectivity index (χ2v) is 3.96. The Balaban J connectivity index is 2.13. The molecule has 1 saturated heterocycles. The summed E-state index contributed by atoms with van der Waals surface area (Å²) in [6.07, 6.45) is 2.16. The molecule has 0 aromatic heterocycles. The van der Waals surface area contributed by atoms with Gasteiger partial charge in [0.1, 0.15) is 0 Å². The molecule has 0 aromatic carbocycles. The molecule has 1 heterocycles. The Kier molecular flexibility index (Phi) is 4.08. The third kappa shape index (κ3) is 3.67. The maximum Gasteiger partial charge on any atom is 0.313 e. The van der Waals surface area contributed by atoms with Crippen molar-refractivity contribution in [2.75, 3.05) is 24.6 Å². The van der Waals surface area contributed by atoms with Gasteiger partial charge in [-0.15, -0.1) is 11.8 Å². The van der Waals surface area contributed by atoms with E-state index in [0.29, 0.717) is 5.75 Å². The molecule has 0 unspecified atom stereocenters. The van der Waals surface area contributed by atoms with Gasteiger partial charge in [0.25, 0.3) is 0 Å². The summed E-state index contributed by atoms with van der Waals surface area (Å²) >= 11 is 1.17. The first kappa shape index (κ1) is 10.4. The SMILES string of the molecule is O=C(O)CSCC(=O)N1CCCC1. The van der Waals surface area contributed by atoms with Gasteiger partial charge in [0.2, 0.25) is 5.91 Å². The highest BCUT2D eigenvalue weighted by atomic mass is 32.2. The summed E-state index contributed by atoms with van der Waals surface area (Å²) in [5, 5.41) is 8.35. The van der Waals surface area contributed by atoms with E-state index in [1.807, 2.05) is 0 Å². The molecular weight excluding hydrogens is 190 g/mol. The fourth-order valence-corrected chi connectivity index (χ4v) is 1.92. The van der Waals surface area contributed by atoms with Crippen molar-refractivity contribution in [1.82, 2.24) is 4.90 Å². The van der Waals surface area contributed by atoms with Gasteiger partial charge in [-0.1, -0.05) is 0 Å². The molecule has 0 atom stereocenters. The minimum absolute atomic E-state index is 0.0135. The smallest absolute Gasteiger partial charge is 0.313 e. The van der Waals surface area contributed by atoms with Gasteiger partial charge < -0.3 is 10.0 Å². The van der Waals surface area contributed by atoms with Crippen molar-refractivity contribution in [3.63, 3.8) is 0 Å². The number of amides is 1. The quantitative estimate of drug-likeness (QED) is 0.719. The summed E-state index contributed by atoms with van der Waals surface area (Å²) in [4.78, 5) is 23.3. The maximum absolute atomic E-state index is 11.3. The van der Waals surface area contributed by atoms with Gasteiger partial charge in [0.05, 0.1) is 11.5 Å². The predicted octanol–water partition coefficient (Wildman–Crippen LogP) is 0.427. The second kappa shape index (κ2) is 5.11. The van der Waals surface area contributed by atoms with Gasteiger partial charge in [0.15, 0.2) is 0 Å². The number of hydrogen-bond donors (Lipinski definition) is 1. The molecular formula is C8H13NO3S. The Labute approximate surface area is 81.3 Å². The molecule has 0 bridgehead atoms. The summed E-state index contributed by atoms with van der Waals surface area (Å²) in [6.45, 7) is 1.68. The van der Waals surface area contributed by atoms with Gasteiger partial charge >= 0.3 is 5.97 Å². The van der Waals surface area contributed by atoms with Gasteiger partial charge in [-0.3, -0.25) is 9.59 Å². The standard InChI is InChI=1S/C8H13NO3S/c10-7(5-13-6-8(11)12)9-3-1-2-4-9/h1-6H2,(H,11,12). The summed E-state index contributed by atoms with van der Waals surface area (Å²) in [5.41, 5.74) is 0. The predicted molar refractivity (Wildman–Crippen MR) is 50.8 cm³/mol. The zero-order chi connectivity index (χ0) is 9.68. The minimum atomic E-state index is -0.862. The maximum atomic E-state index is 11.3. The lowest BCUT2D eigenvalue weighted by molar-refractivity contribution is -0.133. The van der Waals surface area contributed by atoms with Crippen LogP contribution in [0.5, 0.6) is 0 Å². The summed E-state index contributed by atoms with van der Waals surface area (Å²) in [5.74, 6) is -0.478. The Morgan fingerprint density at radius 1 is 1.23 bits per heavy atom. The number of aliphatic carboxylic acids is 1. The van der Waals surface area contributed by atoms with Gasteiger partial charge in [-0.05, 0) is 12.8 Å². The molecule has 0 aromatic rings. The van der Waals surface area contributed by atoms with Crippen molar-refractivity contribution in [2.45, 2.75) is 12.8 Å². The molecule has 1 aliphatic heterocycles. The van der Waals surface area contributed by atoms with Crippen LogP contribution in [-0.2, 0) is 9.59 Å². The van der Waals surface area contributed by atoms with Gasteiger partial charge in [-0.25, -0.2) is 0 Å². The monoisotopic (exact) mass is 203 g/mol. The van der Waals surface area contributed by atoms with Crippen molar-refractivity contribution < 1.29 is 14.7 Å². The van der Waals surface area contributed by atoms with Crippen LogP contribution in [0.2, 0.25) is 0 Å². The van der Waals surface area contributed by atoms with Crippen molar-refractivity contribution in [2.24, 2.45) is 0 Å². The van der Waals surface area contributed by atoms with Crippen LogP contribution in [0, 0.1) is 0 Å². The van der Waals surface area contributed by atoms with E-state index in [-0.39, 0.29) is 11.7 Å². The van der Waals surface area contributed by atoms with Crippen molar-refractivity contribution in [1.29, 1.82) is 0 Å². The Bertz CT molecular complexity index is 202. The van der Waals surface area contributed by atoms with E-state index in [4.69, 9.17) is 5.11 Å². The van der Waals surface area contributed by atoms with Crippen molar-refractivity contribution in [3.8, 4) is 0 Å². The number of carboxylic acids is 1. The lowest BCUT2D eigenvalue weighted by Crippen LogP contribution is -2.29. The highest BCUT2D eigenvalue weighted by molar-refractivity contribution is 8.00. The number of carboxylic acid groups (broad SMARTS) is 1. The lowest BCUT2D eigenvalue weighted by Gasteiger charge is -2.13. The molecule has 0 radical (unpaired) electrons. The summed E-state index contributed by atoms with van der Waals surface area (Å²) in [6, 6.07) is 0. The molecule has 5 heteroatoms. The molecule has 1 aliphatic rings. The van der Waals surface area contributed by atoms with Crippen LogP contribution < -0.4 is 0 Å². The van der Waals surface area contributed by atoms with Crippen LogP contribution in [0.3, 0.4) is 0 Å². The van der Waals surface area contributed by atoms with E-state index < -0.39 is 5.97 Å². The van der Waals surface area contributed by atoms with E-state index in [2.05, 4.69) is 0 Å². The fraction of sp³-hybridized carbons (Fsp3) is 0.750. The Morgan fingerprint density at radius 2 is 1.85 bits per heavy atom. The minimum Gasteiger partial charge on any atom is -0.481 e. The number of hydrogen-bond acceptors (Lipinski definition) is 3. The fourth-order valence-electron chi connectivity index (χ4n) is 1.28. The first-order valence-electron chi connectivity index (χ1n) is 4.27. The third-order valence-electron chi connectivity index (χ3n) is 1.91. The first-order valence-corrected chi connectivity index (χ1v) is 5.43. The van der Waals surface area contributed by atoms with E-state index in [0.717, 1.165) is 25.9 Å². The van der Waals surface area contributed by atoms with Crippen LogP contribution in [-0.4, -0.2) is 46.5 Å². The molecule has 0 spiro atoms. The summed E-state index contributed by atoms with van der Waals surface area (Å²) in [7, 11) is 0. The van der Waals surface area contributed by atoms with Crippen LogP contribution in [0.4, 0.5) is 0 Å². The number of carbonyl (C=O) groups excluding carboxylic acids is 1. The average Bonchev–Trinajstić information content (AvgIpc) is 2.55. The summed E-state index contributed by atoms with van der Waals surface area (Å²) < 4.78 is 0. The van der Waals surface area contributed by atoms with Gasteiger partial charge in [0, 0.05) is 13.1 Å². The lowest BCUT2D eigenvalue weighted by atomic mass is 10.4. The van der Waals surface area contributed by atoms with Gasteiger partial charge in [-0.2, -0.15) is 0 Å². The number of rotatable bonds is 4. The van der Waals surface area contributed by atoms with E-state index in [1.54, 1.807) is 4.90 Å². The molecule has 0 saturated carbocycles. The molecule has 13 heavy (non-hydrogen) atoms. The van der Waals surface area contributed by atoms with Crippen molar-refractivity contribution in [3.05, 3.63) is 0 Å². The number of likely N-dealkylation sites (tertiary alicyclic amines) is 1. The molecule has 1 fully saturated rings. The Hall–Kier alpha value is -0.710. The first-order chi connectivity index (χ1) is 6.20. The number of nitrogens with zero attached hydrogens (tertiary/aromatic N) is 1.